The van der Waals surface area contributed by atoms with Crippen molar-refractivity contribution in [1.29, 1.82) is 0 Å². The Morgan fingerprint density at radius 2 is 1.89 bits per heavy atom. The molecule has 0 aliphatic heterocycles. The van der Waals surface area contributed by atoms with Gasteiger partial charge in [-0.15, -0.1) is 0 Å². The number of aryl methyl sites for hydroxylation is 3. The Morgan fingerprint density at radius 3 is 2.61 bits per heavy atom. The van der Waals surface area contributed by atoms with E-state index in [-0.39, 0.29) is 0 Å². The summed E-state index contributed by atoms with van der Waals surface area (Å²) in [5, 5.41) is 0. The van der Waals surface area contributed by atoms with Crippen LogP contribution in [0.3, 0.4) is 0 Å². The van der Waals surface area contributed by atoms with Crippen molar-refractivity contribution in [3.05, 3.63) is 17.1 Å². The smallest absolute Gasteiger partial charge is 0.151 e. The molecule has 2 aromatic rings. The zero-order chi connectivity index (χ0) is 13.1. The average molecular weight is 246 g/mol. The van der Waals surface area contributed by atoms with E-state index in [9.17, 15) is 0 Å². The highest BCUT2D eigenvalue weighted by molar-refractivity contribution is 5.88. The molecule has 0 radical (unpaired) electrons. The lowest BCUT2D eigenvalue weighted by Crippen LogP contribution is -1.97. The van der Waals surface area contributed by atoms with E-state index in [1.807, 2.05) is 6.92 Å². The molecule has 98 valence electrons. The van der Waals surface area contributed by atoms with Gasteiger partial charge in [-0.25, -0.2) is 9.97 Å². The monoisotopic (exact) mass is 246 g/mol. The average Bonchev–Trinajstić information content (AvgIpc) is 2.62. The first-order valence-electron chi connectivity index (χ1n) is 6.74. The molecular formula is C14H22N4. The summed E-state index contributed by atoms with van der Waals surface area (Å²) in [7, 11) is 0. The Balaban J connectivity index is 2.29. The number of fused-ring (bicyclic) bond motifs is 1. The summed E-state index contributed by atoms with van der Waals surface area (Å²) in [5.74, 6) is 1.30. The molecule has 0 saturated carbocycles. The van der Waals surface area contributed by atoms with E-state index in [4.69, 9.17) is 5.73 Å². The number of rotatable bonds is 5. The van der Waals surface area contributed by atoms with E-state index in [2.05, 4.69) is 28.8 Å². The van der Waals surface area contributed by atoms with Gasteiger partial charge in [0.15, 0.2) is 5.82 Å². The van der Waals surface area contributed by atoms with Crippen LogP contribution < -0.4 is 5.73 Å². The van der Waals surface area contributed by atoms with Crippen LogP contribution in [0.4, 0.5) is 5.82 Å². The van der Waals surface area contributed by atoms with Gasteiger partial charge in [0, 0.05) is 5.69 Å². The van der Waals surface area contributed by atoms with E-state index >= 15 is 0 Å². The third-order valence-corrected chi connectivity index (χ3v) is 3.38. The van der Waals surface area contributed by atoms with Gasteiger partial charge in [-0.2, -0.15) is 0 Å². The Morgan fingerprint density at radius 1 is 1.11 bits per heavy atom. The first-order valence-corrected chi connectivity index (χ1v) is 6.74. The van der Waals surface area contributed by atoms with E-state index in [1.54, 1.807) is 0 Å². The predicted molar refractivity (Wildman–Crippen MR) is 75.6 cm³/mol. The van der Waals surface area contributed by atoms with Crippen molar-refractivity contribution in [3.8, 4) is 0 Å². The Hall–Kier alpha value is -1.58. The van der Waals surface area contributed by atoms with Crippen LogP contribution in [0.15, 0.2) is 0 Å². The van der Waals surface area contributed by atoms with Gasteiger partial charge in [-0.05, 0) is 32.3 Å². The number of nitrogens with two attached hydrogens (primary N) is 1. The molecule has 18 heavy (non-hydrogen) atoms. The van der Waals surface area contributed by atoms with E-state index < -0.39 is 0 Å². The number of hydrogen-bond donors (Lipinski definition) is 2. The maximum atomic E-state index is 5.93. The van der Waals surface area contributed by atoms with Crippen molar-refractivity contribution in [3.63, 3.8) is 0 Å². The fraction of sp³-hybridized carbons (Fsp3) is 0.571. The molecule has 0 spiro atoms. The van der Waals surface area contributed by atoms with Gasteiger partial charge in [0.2, 0.25) is 0 Å². The number of aromatic nitrogens is 3. The molecule has 2 aromatic heterocycles. The molecule has 2 heterocycles. The summed E-state index contributed by atoms with van der Waals surface area (Å²) in [6.45, 7) is 6.21. The summed E-state index contributed by atoms with van der Waals surface area (Å²) in [5.41, 5.74) is 10.3. The van der Waals surface area contributed by atoms with Gasteiger partial charge >= 0.3 is 0 Å². The van der Waals surface area contributed by atoms with Crippen molar-refractivity contribution in [2.45, 2.75) is 52.9 Å². The van der Waals surface area contributed by atoms with Gasteiger partial charge in [0.25, 0.3) is 0 Å². The van der Waals surface area contributed by atoms with Crippen LogP contribution in [0, 0.1) is 13.8 Å². The number of H-pyrrole nitrogens is 1. The molecule has 0 bridgehead atoms. The molecule has 0 aliphatic carbocycles. The normalized spacial score (nSPS) is 11.3. The predicted octanol–water partition coefficient (Wildman–Crippen LogP) is 3.28. The van der Waals surface area contributed by atoms with Gasteiger partial charge < -0.3 is 10.7 Å². The molecule has 3 N–H and O–H groups in total. The quantitative estimate of drug-likeness (QED) is 0.795. The number of nitrogens with one attached hydrogen (secondary N) is 1. The van der Waals surface area contributed by atoms with Crippen molar-refractivity contribution in [2.24, 2.45) is 0 Å². The Kier molecular flexibility index (Phi) is 3.84. The van der Waals surface area contributed by atoms with Gasteiger partial charge in [-0.1, -0.05) is 26.2 Å². The molecule has 0 saturated heterocycles. The standard InChI is InChI=1S/C14H22N4/c1-4-5-6-7-8-11-9(2)16-13-12(11)17-10(3)18-14(13)15/h16H,4-8H2,1-3H3,(H2,15,17,18). The van der Waals surface area contributed by atoms with Gasteiger partial charge in [-0.3, -0.25) is 0 Å². The number of anilines is 1. The maximum absolute atomic E-state index is 5.93. The van der Waals surface area contributed by atoms with Crippen LogP contribution in [-0.2, 0) is 6.42 Å². The lowest BCUT2D eigenvalue weighted by molar-refractivity contribution is 0.666. The molecule has 2 rings (SSSR count). The molecule has 0 amide bonds. The summed E-state index contributed by atoms with van der Waals surface area (Å²) in [6.07, 6.45) is 6.13. The van der Waals surface area contributed by atoms with Crippen molar-refractivity contribution in [2.75, 3.05) is 5.73 Å². The summed E-state index contributed by atoms with van der Waals surface area (Å²) in [4.78, 5) is 12.0. The van der Waals surface area contributed by atoms with Crippen LogP contribution in [0.1, 0.15) is 49.7 Å². The third kappa shape index (κ3) is 2.47. The molecule has 4 nitrogen and oxygen atoms in total. The number of unbranched alkanes of at least 4 members (excludes halogenated alkanes) is 3. The number of aromatic amines is 1. The molecule has 0 aliphatic rings. The van der Waals surface area contributed by atoms with Crippen LogP contribution in [0.25, 0.3) is 11.0 Å². The highest BCUT2D eigenvalue weighted by atomic mass is 15.0. The minimum Gasteiger partial charge on any atom is -0.382 e. The van der Waals surface area contributed by atoms with E-state index in [0.717, 1.165) is 23.3 Å². The minimum absolute atomic E-state index is 0.556. The zero-order valence-electron chi connectivity index (χ0n) is 11.5. The first-order chi connectivity index (χ1) is 8.63. The second-order valence-electron chi connectivity index (χ2n) is 4.92. The maximum Gasteiger partial charge on any atom is 0.151 e. The SMILES string of the molecule is CCCCCCc1c(C)[nH]c2c(N)nc(C)nc12. The molecule has 0 fully saturated rings. The fourth-order valence-corrected chi connectivity index (χ4v) is 2.41. The lowest BCUT2D eigenvalue weighted by atomic mass is 10.1. The number of nitrogen functional groups attached to an aromatic ring is 1. The second-order valence-corrected chi connectivity index (χ2v) is 4.92. The Labute approximate surface area is 108 Å². The lowest BCUT2D eigenvalue weighted by Gasteiger charge is -2.02. The largest absolute Gasteiger partial charge is 0.382 e. The van der Waals surface area contributed by atoms with Crippen LogP contribution in [-0.4, -0.2) is 15.0 Å². The van der Waals surface area contributed by atoms with Crippen LogP contribution in [0.2, 0.25) is 0 Å². The van der Waals surface area contributed by atoms with Gasteiger partial charge in [0.1, 0.15) is 11.3 Å². The van der Waals surface area contributed by atoms with Gasteiger partial charge in [0.05, 0.1) is 5.52 Å². The van der Waals surface area contributed by atoms with E-state index in [1.165, 1.54) is 36.9 Å². The highest BCUT2D eigenvalue weighted by Crippen LogP contribution is 2.25. The number of hydrogen-bond acceptors (Lipinski definition) is 3. The van der Waals surface area contributed by atoms with Crippen LogP contribution in [0.5, 0.6) is 0 Å². The van der Waals surface area contributed by atoms with Crippen molar-refractivity contribution < 1.29 is 0 Å². The molecular weight excluding hydrogens is 224 g/mol. The third-order valence-electron chi connectivity index (χ3n) is 3.38. The summed E-state index contributed by atoms with van der Waals surface area (Å²) < 4.78 is 0. The number of nitrogens with zero attached hydrogens (tertiary/aromatic N) is 2. The van der Waals surface area contributed by atoms with E-state index in [0.29, 0.717) is 5.82 Å². The molecule has 0 atom stereocenters. The summed E-state index contributed by atoms with van der Waals surface area (Å²) in [6, 6.07) is 0. The van der Waals surface area contributed by atoms with Crippen molar-refractivity contribution in [1.82, 2.24) is 15.0 Å². The Bertz CT molecular complexity index is 542. The molecule has 4 heteroatoms. The fourth-order valence-electron chi connectivity index (χ4n) is 2.41. The first kappa shape index (κ1) is 12.9. The summed E-state index contributed by atoms with van der Waals surface area (Å²) >= 11 is 0. The zero-order valence-corrected chi connectivity index (χ0v) is 11.5. The molecule has 0 aromatic carbocycles. The van der Waals surface area contributed by atoms with Crippen molar-refractivity contribution >= 4 is 16.9 Å². The van der Waals surface area contributed by atoms with Crippen LogP contribution >= 0.6 is 0 Å². The molecule has 0 unspecified atom stereocenters. The minimum atomic E-state index is 0.556. The second kappa shape index (κ2) is 5.38. The highest BCUT2D eigenvalue weighted by Gasteiger charge is 2.13. The topological polar surface area (TPSA) is 67.6 Å².